The predicted molar refractivity (Wildman–Crippen MR) is 159 cm³/mol. The molecule has 0 unspecified atom stereocenters. The van der Waals surface area contributed by atoms with Gasteiger partial charge in [0.1, 0.15) is 6.04 Å². The van der Waals surface area contributed by atoms with Gasteiger partial charge in [-0.25, -0.2) is 4.79 Å². The van der Waals surface area contributed by atoms with Gasteiger partial charge in [0, 0.05) is 24.8 Å². The van der Waals surface area contributed by atoms with E-state index in [-0.39, 0.29) is 17.9 Å². The van der Waals surface area contributed by atoms with Crippen molar-refractivity contribution in [3.8, 4) is 0 Å². The first-order valence-corrected chi connectivity index (χ1v) is 14.6. The minimum atomic E-state index is -0.704. The quantitative estimate of drug-likeness (QED) is 0.214. The molecule has 3 aromatic rings. The first kappa shape index (κ1) is 29.9. The second-order valence-electron chi connectivity index (χ2n) is 10.5. The standard InChI is InChI=1S/C32H41N5O4/c33-20-8-7-14-28(36-32(40)34-22-24-10-3-1-4-11-24)30(38)35-26-18-16-25(17-19-26)23-37(27-12-5-2-6-13-27)31(39)29-15-9-21-41-29/h1,3-4,9-11,15-19,21,27-28H,2,5-8,12-14,20,22-23,33H2,(H,35,38)(H2,34,36,40)/t28-/m0/s1. The maximum Gasteiger partial charge on any atom is 0.315 e. The van der Waals surface area contributed by atoms with E-state index in [9.17, 15) is 14.4 Å². The Kier molecular flexibility index (Phi) is 11.4. The van der Waals surface area contributed by atoms with Crippen LogP contribution in [0.1, 0.15) is 73.0 Å². The van der Waals surface area contributed by atoms with E-state index >= 15 is 0 Å². The molecule has 1 atom stereocenters. The second kappa shape index (κ2) is 15.6. The topological polar surface area (TPSA) is 130 Å². The summed E-state index contributed by atoms with van der Waals surface area (Å²) in [6.07, 6.45) is 8.87. The van der Waals surface area contributed by atoms with Crippen molar-refractivity contribution in [3.05, 3.63) is 89.9 Å². The molecule has 1 aliphatic rings. The van der Waals surface area contributed by atoms with Crippen molar-refractivity contribution in [1.29, 1.82) is 0 Å². The maximum absolute atomic E-state index is 13.2. The molecule has 9 nitrogen and oxygen atoms in total. The summed E-state index contributed by atoms with van der Waals surface area (Å²) >= 11 is 0. The Morgan fingerprint density at radius 3 is 2.34 bits per heavy atom. The fourth-order valence-electron chi connectivity index (χ4n) is 5.17. The molecule has 0 spiro atoms. The van der Waals surface area contributed by atoms with Crippen LogP contribution in [0.2, 0.25) is 0 Å². The van der Waals surface area contributed by atoms with Crippen LogP contribution in [0.25, 0.3) is 0 Å². The summed E-state index contributed by atoms with van der Waals surface area (Å²) in [5.74, 6) is -0.0434. The summed E-state index contributed by atoms with van der Waals surface area (Å²) < 4.78 is 5.41. The van der Waals surface area contributed by atoms with Crippen LogP contribution in [0, 0.1) is 0 Å². The number of benzene rings is 2. The first-order chi connectivity index (χ1) is 20.0. The molecule has 1 fully saturated rings. The summed E-state index contributed by atoms with van der Waals surface area (Å²) in [4.78, 5) is 40.9. The third-order valence-electron chi connectivity index (χ3n) is 7.45. The number of nitrogens with two attached hydrogens (primary N) is 1. The Morgan fingerprint density at radius 2 is 1.66 bits per heavy atom. The number of urea groups is 1. The number of nitrogens with zero attached hydrogens (tertiary/aromatic N) is 1. The highest BCUT2D eigenvalue weighted by Crippen LogP contribution is 2.26. The molecule has 218 valence electrons. The van der Waals surface area contributed by atoms with Crippen molar-refractivity contribution in [2.45, 2.75) is 76.5 Å². The second-order valence-corrected chi connectivity index (χ2v) is 10.5. The van der Waals surface area contributed by atoms with Crippen LogP contribution in [0.15, 0.2) is 77.4 Å². The number of rotatable bonds is 13. The van der Waals surface area contributed by atoms with Gasteiger partial charge in [-0.3, -0.25) is 9.59 Å². The number of anilines is 1. The molecule has 2 aromatic carbocycles. The van der Waals surface area contributed by atoms with Crippen molar-refractivity contribution >= 4 is 23.5 Å². The zero-order chi connectivity index (χ0) is 28.9. The van der Waals surface area contributed by atoms with E-state index in [1.807, 2.05) is 59.5 Å². The molecule has 0 bridgehead atoms. The fourth-order valence-corrected chi connectivity index (χ4v) is 5.17. The van der Waals surface area contributed by atoms with Gasteiger partial charge in [0.15, 0.2) is 5.76 Å². The fraction of sp³-hybridized carbons (Fsp3) is 0.406. The Labute approximate surface area is 241 Å². The van der Waals surface area contributed by atoms with Gasteiger partial charge in [0.05, 0.1) is 6.26 Å². The molecule has 1 saturated carbocycles. The third kappa shape index (κ3) is 9.21. The average Bonchev–Trinajstić information content (AvgIpc) is 3.55. The van der Waals surface area contributed by atoms with E-state index in [0.717, 1.165) is 43.2 Å². The van der Waals surface area contributed by atoms with E-state index < -0.39 is 12.1 Å². The highest BCUT2D eigenvalue weighted by Gasteiger charge is 2.28. The lowest BCUT2D eigenvalue weighted by atomic mass is 9.93. The Hall–Kier alpha value is -4.11. The molecule has 5 N–H and O–H groups in total. The Balaban J connectivity index is 1.36. The van der Waals surface area contributed by atoms with Gasteiger partial charge in [-0.05, 0) is 74.0 Å². The number of carbonyl (C=O) groups is 3. The monoisotopic (exact) mass is 559 g/mol. The molecule has 1 heterocycles. The number of carbonyl (C=O) groups excluding carboxylic acids is 3. The SMILES string of the molecule is NCCCC[C@H](NC(=O)NCc1ccccc1)C(=O)Nc1ccc(CN(C(=O)c2ccco2)C2CCCCC2)cc1. The molecule has 1 aromatic heterocycles. The predicted octanol–water partition coefficient (Wildman–Crippen LogP) is 5.19. The van der Waals surface area contributed by atoms with Gasteiger partial charge in [0.25, 0.3) is 5.91 Å². The number of unbranched alkanes of at least 4 members (excludes halogenated alkanes) is 1. The molecule has 0 aliphatic heterocycles. The zero-order valence-electron chi connectivity index (χ0n) is 23.5. The molecule has 0 saturated heterocycles. The van der Waals surface area contributed by atoms with Gasteiger partial charge < -0.3 is 31.0 Å². The largest absolute Gasteiger partial charge is 0.459 e. The van der Waals surface area contributed by atoms with Crippen LogP contribution >= 0.6 is 0 Å². The van der Waals surface area contributed by atoms with Gasteiger partial charge >= 0.3 is 6.03 Å². The Morgan fingerprint density at radius 1 is 0.902 bits per heavy atom. The first-order valence-electron chi connectivity index (χ1n) is 14.6. The van der Waals surface area contributed by atoms with Gasteiger partial charge in [-0.1, -0.05) is 61.7 Å². The maximum atomic E-state index is 13.2. The van der Waals surface area contributed by atoms with E-state index in [2.05, 4.69) is 16.0 Å². The lowest BCUT2D eigenvalue weighted by Crippen LogP contribution is -2.47. The van der Waals surface area contributed by atoms with Gasteiger partial charge in [0.2, 0.25) is 5.91 Å². The third-order valence-corrected chi connectivity index (χ3v) is 7.45. The number of furan rings is 1. The normalized spacial score (nSPS) is 14.2. The van der Waals surface area contributed by atoms with E-state index in [1.165, 1.54) is 12.7 Å². The van der Waals surface area contributed by atoms with Gasteiger partial charge in [-0.2, -0.15) is 0 Å². The molecular weight excluding hydrogens is 518 g/mol. The number of hydrogen-bond acceptors (Lipinski definition) is 5. The van der Waals surface area contributed by atoms with Gasteiger partial charge in [-0.15, -0.1) is 0 Å². The summed E-state index contributed by atoms with van der Waals surface area (Å²) in [7, 11) is 0. The lowest BCUT2D eigenvalue weighted by molar-refractivity contribution is -0.118. The van der Waals surface area contributed by atoms with Crippen molar-refractivity contribution < 1.29 is 18.8 Å². The summed E-state index contributed by atoms with van der Waals surface area (Å²) in [5, 5.41) is 8.56. The number of amides is 4. The van der Waals surface area contributed by atoms with Crippen molar-refractivity contribution in [1.82, 2.24) is 15.5 Å². The van der Waals surface area contributed by atoms with Crippen molar-refractivity contribution in [2.24, 2.45) is 5.73 Å². The molecule has 1 aliphatic carbocycles. The van der Waals surface area contributed by atoms with E-state index in [4.69, 9.17) is 10.2 Å². The summed E-state index contributed by atoms with van der Waals surface area (Å²) in [6, 6.07) is 19.6. The van der Waals surface area contributed by atoms with Crippen LogP contribution in [0.5, 0.6) is 0 Å². The Bertz CT molecular complexity index is 1220. The minimum absolute atomic E-state index is 0.101. The van der Waals surface area contributed by atoms with Crippen molar-refractivity contribution in [3.63, 3.8) is 0 Å². The molecule has 4 amide bonds. The number of hydrogen-bond donors (Lipinski definition) is 4. The van der Waals surface area contributed by atoms with E-state index in [1.54, 1.807) is 12.1 Å². The average molecular weight is 560 g/mol. The molecule has 9 heteroatoms. The molecule has 4 rings (SSSR count). The summed E-state index contributed by atoms with van der Waals surface area (Å²) in [5.41, 5.74) is 8.20. The van der Waals surface area contributed by atoms with Crippen LogP contribution in [-0.2, 0) is 17.9 Å². The zero-order valence-corrected chi connectivity index (χ0v) is 23.5. The number of nitrogens with one attached hydrogen (secondary N) is 3. The highest BCUT2D eigenvalue weighted by molar-refractivity contribution is 5.97. The van der Waals surface area contributed by atoms with Crippen LogP contribution < -0.4 is 21.7 Å². The van der Waals surface area contributed by atoms with Crippen molar-refractivity contribution in [2.75, 3.05) is 11.9 Å². The minimum Gasteiger partial charge on any atom is -0.459 e. The van der Waals surface area contributed by atoms with Crippen LogP contribution in [0.3, 0.4) is 0 Å². The lowest BCUT2D eigenvalue weighted by Gasteiger charge is -2.34. The highest BCUT2D eigenvalue weighted by atomic mass is 16.3. The smallest absolute Gasteiger partial charge is 0.315 e. The van der Waals surface area contributed by atoms with Crippen LogP contribution in [0.4, 0.5) is 10.5 Å². The van der Waals surface area contributed by atoms with E-state index in [0.29, 0.717) is 43.9 Å². The molecule has 0 radical (unpaired) electrons. The van der Waals surface area contributed by atoms with Crippen LogP contribution in [-0.4, -0.2) is 41.4 Å². The summed E-state index contributed by atoms with van der Waals surface area (Å²) in [6.45, 7) is 1.35. The molecular formula is C32H41N5O4. The molecule has 41 heavy (non-hydrogen) atoms.